The SMILES string of the molecule is CCC(C)CNC(=O)Nc1cccc(F)c1C(=O)O. The molecule has 1 aromatic carbocycles. The van der Waals surface area contributed by atoms with E-state index in [1.807, 2.05) is 13.8 Å². The van der Waals surface area contributed by atoms with Gasteiger partial charge in [-0.1, -0.05) is 26.3 Å². The monoisotopic (exact) mass is 268 g/mol. The quantitative estimate of drug-likeness (QED) is 0.768. The molecule has 0 heterocycles. The number of carboxylic acid groups (broad SMARTS) is 1. The first-order chi connectivity index (χ1) is 8.95. The predicted octanol–water partition coefficient (Wildman–Crippen LogP) is 2.69. The van der Waals surface area contributed by atoms with E-state index in [0.717, 1.165) is 12.5 Å². The number of hydrogen-bond donors (Lipinski definition) is 3. The number of benzene rings is 1. The number of carbonyl (C=O) groups is 2. The maximum Gasteiger partial charge on any atom is 0.340 e. The molecule has 3 N–H and O–H groups in total. The van der Waals surface area contributed by atoms with Crippen molar-refractivity contribution >= 4 is 17.7 Å². The third kappa shape index (κ3) is 4.24. The highest BCUT2D eigenvalue weighted by atomic mass is 19.1. The van der Waals surface area contributed by atoms with Crippen LogP contribution in [0.1, 0.15) is 30.6 Å². The highest BCUT2D eigenvalue weighted by Gasteiger charge is 2.17. The van der Waals surface area contributed by atoms with E-state index in [4.69, 9.17) is 5.11 Å². The van der Waals surface area contributed by atoms with Crippen LogP contribution in [-0.4, -0.2) is 23.7 Å². The van der Waals surface area contributed by atoms with Crippen LogP contribution >= 0.6 is 0 Å². The fourth-order valence-electron chi connectivity index (χ4n) is 1.42. The number of nitrogens with one attached hydrogen (secondary N) is 2. The number of aromatic carboxylic acids is 1. The van der Waals surface area contributed by atoms with Crippen LogP contribution in [-0.2, 0) is 0 Å². The zero-order valence-electron chi connectivity index (χ0n) is 10.9. The number of carboxylic acids is 1. The Balaban J connectivity index is 2.74. The van der Waals surface area contributed by atoms with Crippen LogP contribution in [0, 0.1) is 11.7 Å². The number of hydrogen-bond acceptors (Lipinski definition) is 2. The lowest BCUT2D eigenvalue weighted by atomic mass is 10.1. The molecule has 0 aromatic heterocycles. The van der Waals surface area contributed by atoms with Crippen molar-refractivity contribution in [2.24, 2.45) is 5.92 Å². The van der Waals surface area contributed by atoms with Gasteiger partial charge in [0, 0.05) is 6.54 Å². The summed E-state index contributed by atoms with van der Waals surface area (Å²) in [5.74, 6) is -1.99. The molecule has 1 aromatic rings. The highest BCUT2D eigenvalue weighted by molar-refractivity contribution is 6.00. The largest absolute Gasteiger partial charge is 0.478 e. The van der Waals surface area contributed by atoms with E-state index in [2.05, 4.69) is 10.6 Å². The number of halogens is 1. The van der Waals surface area contributed by atoms with Crippen LogP contribution in [0.4, 0.5) is 14.9 Å². The van der Waals surface area contributed by atoms with Gasteiger partial charge in [-0.2, -0.15) is 0 Å². The normalized spacial score (nSPS) is 11.7. The summed E-state index contributed by atoms with van der Waals surface area (Å²) in [6, 6.07) is 3.17. The fraction of sp³-hybridized carbons (Fsp3) is 0.385. The molecule has 0 fully saturated rings. The average Bonchev–Trinajstić information content (AvgIpc) is 2.35. The Morgan fingerprint density at radius 2 is 2.11 bits per heavy atom. The van der Waals surface area contributed by atoms with E-state index < -0.39 is 23.4 Å². The van der Waals surface area contributed by atoms with Gasteiger partial charge in [0.2, 0.25) is 0 Å². The van der Waals surface area contributed by atoms with E-state index in [1.165, 1.54) is 12.1 Å². The Hall–Kier alpha value is -2.11. The van der Waals surface area contributed by atoms with Gasteiger partial charge >= 0.3 is 12.0 Å². The Labute approximate surface area is 110 Å². The topological polar surface area (TPSA) is 78.4 Å². The zero-order chi connectivity index (χ0) is 14.4. The summed E-state index contributed by atoms with van der Waals surface area (Å²) in [4.78, 5) is 22.5. The number of urea groups is 1. The van der Waals surface area contributed by atoms with Gasteiger partial charge in [-0.05, 0) is 18.1 Å². The van der Waals surface area contributed by atoms with Crippen LogP contribution in [0.15, 0.2) is 18.2 Å². The van der Waals surface area contributed by atoms with Crippen LogP contribution in [0.3, 0.4) is 0 Å². The smallest absolute Gasteiger partial charge is 0.340 e. The van der Waals surface area contributed by atoms with Gasteiger partial charge in [0.15, 0.2) is 0 Å². The lowest BCUT2D eigenvalue weighted by Gasteiger charge is -2.12. The fourth-order valence-corrected chi connectivity index (χ4v) is 1.42. The Kier molecular flexibility index (Phi) is 5.29. The minimum absolute atomic E-state index is 0.0610. The predicted molar refractivity (Wildman–Crippen MR) is 69.8 cm³/mol. The van der Waals surface area contributed by atoms with Crippen molar-refractivity contribution in [2.45, 2.75) is 20.3 Å². The first-order valence-electron chi connectivity index (χ1n) is 6.02. The molecule has 2 amide bonds. The molecule has 5 nitrogen and oxygen atoms in total. The van der Waals surface area contributed by atoms with E-state index >= 15 is 0 Å². The molecule has 19 heavy (non-hydrogen) atoms. The molecule has 0 radical (unpaired) electrons. The van der Waals surface area contributed by atoms with E-state index in [1.54, 1.807) is 0 Å². The molecule has 0 bridgehead atoms. The Morgan fingerprint density at radius 1 is 1.42 bits per heavy atom. The Morgan fingerprint density at radius 3 is 2.68 bits per heavy atom. The van der Waals surface area contributed by atoms with E-state index in [-0.39, 0.29) is 5.69 Å². The van der Waals surface area contributed by atoms with Gasteiger partial charge in [0.25, 0.3) is 0 Å². The van der Waals surface area contributed by atoms with Crippen molar-refractivity contribution in [1.29, 1.82) is 0 Å². The molecule has 0 spiro atoms. The number of carbonyl (C=O) groups excluding carboxylic acids is 1. The summed E-state index contributed by atoms with van der Waals surface area (Å²) in [5.41, 5.74) is -0.602. The number of rotatable bonds is 5. The van der Waals surface area contributed by atoms with Crippen LogP contribution < -0.4 is 10.6 Å². The minimum Gasteiger partial charge on any atom is -0.478 e. The third-order valence-corrected chi connectivity index (χ3v) is 2.78. The summed E-state index contributed by atoms with van der Waals surface area (Å²) in [7, 11) is 0. The van der Waals surface area contributed by atoms with Crippen LogP contribution in [0.2, 0.25) is 0 Å². The summed E-state index contributed by atoms with van der Waals surface area (Å²) >= 11 is 0. The molecule has 0 aliphatic heterocycles. The van der Waals surface area contributed by atoms with Crippen molar-refractivity contribution in [1.82, 2.24) is 5.32 Å². The first-order valence-corrected chi connectivity index (χ1v) is 6.02. The second-order valence-electron chi connectivity index (χ2n) is 4.32. The lowest BCUT2D eigenvalue weighted by Crippen LogP contribution is -2.32. The van der Waals surface area contributed by atoms with E-state index in [0.29, 0.717) is 12.5 Å². The zero-order valence-corrected chi connectivity index (χ0v) is 10.9. The van der Waals surface area contributed by atoms with E-state index in [9.17, 15) is 14.0 Å². The molecule has 1 rings (SSSR count). The molecule has 1 unspecified atom stereocenters. The second-order valence-corrected chi connectivity index (χ2v) is 4.32. The standard InChI is InChI=1S/C13H17FN2O3/c1-3-8(2)7-15-13(19)16-10-6-4-5-9(14)11(10)12(17)18/h4-6,8H,3,7H2,1-2H3,(H,17,18)(H2,15,16,19). The molecule has 104 valence electrons. The second kappa shape index (κ2) is 6.72. The van der Waals surface area contributed by atoms with Crippen LogP contribution in [0.5, 0.6) is 0 Å². The maximum atomic E-state index is 13.4. The molecule has 0 saturated heterocycles. The van der Waals surface area contributed by atoms with Crippen LogP contribution in [0.25, 0.3) is 0 Å². The van der Waals surface area contributed by atoms with Crippen molar-refractivity contribution in [3.63, 3.8) is 0 Å². The van der Waals surface area contributed by atoms with Gasteiger partial charge in [0.05, 0.1) is 5.69 Å². The van der Waals surface area contributed by atoms with Crippen molar-refractivity contribution in [3.05, 3.63) is 29.6 Å². The van der Waals surface area contributed by atoms with Gasteiger partial charge < -0.3 is 15.7 Å². The van der Waals surface area contributed by atoms with Crippen molar-refractivity contribution in [2.75, 3.05) is 11.9 Å². The van der Waals surface area contributed by atoms with Crippen molar-refractivity contribution < 1.29 is 19.1 Å². The average molecular weight is 268 g/mol. The molecule has 1 atom stereocenters. The summed E-state index contributed by atoms with van der Waals surface area (Å²) in [5, 5.41) is 13.8. The molecule has 0 saturated carbocycles. The third-order valence-electron chi connectivity index (χ3n) is 2.78. The van der Waals surface area contributed by atoms with Gasteiger partial charge in [-0.15, -0.1) is 0 Å². The Bertz CT molecular complexity index is 477. The molecule has 0 aliphatic carbocycles. The van der Waals surface area contributed by atoms with Gasteiger partial charge in [-0.3, -0.25) is 0 Å². The van der Waals surface area contributed by atoms with Gasteiger partial charge in [0.1, 0.15) is 11.4 Å². The lowest BCUT2D eigenvalue weighted by molar-refractivity contribution is 0.0693. The highest BCUT2D eigenvalue weighted by Crippen LogP contribution is 2.18. The summed E-state index contributed by atoms with van der Waals surface area (Å²) < 4.78 is 13.4. The molecule has 0 aliphatic rings. The maximum absolute atomic E-state index is 13.4. The van der Waals surface area contributed by atoms with Gasteiger partial charge in [-0.25, -0.2) is 14.0 Å². The molecule has 6 heteroatoms. The molecular formula is C13H17FN2O3. The van der Waals surface area contributed by atoms with Crippen molar-refractivity contribution in [3.8, 4) is 0 Å². The molecular weight excluding hydrogens is 251 g/mol. The number of amides is 2. The summed E-state index contributed by atoms with van der Waals surface area (Å²) in [6.45, 7) is 4.45. The first kappa shape index (κ1) is 14.9. The minimum atomic E-state index is -1.42. The summed E-state index contributed by atoms with van der Waals surface area (Å²) in [6.07, 6.45) is 0.917. The number of anilines is 1.